The van der Waals surface area contributed by atoms with Gasteiger partial charge in [-0.3, -0.25) is 0 Å². The molecule has 3 N–H and O–H groups in total. The van der Waals surface area contributed by atoms with Gasteiger partial charge in [-0.1, -0.05) is 16.5 Å². The van der Waals surface area contributed by atoms with E-state index in [1.165, 1.54) is 23.1 Å². The summed E-state index contributed by atoms with van der Waals surface area (Å²) in [6.45, 7) is 1.85. The van der Waals surface area contributed by atoms with E-state index in [-0.39, 0.29) is 5.84 Å². The van der Waals surface area contributed by atoms with Crippen LogP contribution in [0.2, 0.25) is 0 Å². The highest BCUT2D eigenvalue weighted by atomic mass is 32.2. The smallest absolute Gasteiger partial charge is 0.180 e. The second-order valence-corrected chi connectivity index (χ2v) is 5.23. The average molecular weight is 267 g/mol. The molecule has 0 saturated heterocycles. The summed E-state index contributed by atoms with van der Waals surface area (Å²) in [6.07, 6.45) is 0. The third-order valence-corrected chi connectivity index (χ3v) is 3.56. The summed E-state index contributed by atoms with van der Waals surface area (Å²) in [4.78, 5) is 4.34. The van der Waals surface area contributed by atoms with E-state index in [0.717, 1.165) is 15.1 Å². The number of nitrogens with two attached hydrogens (primary N) is 1. The van der Waals surface area contributed by atoms with E-state index in [2.05, 4.69) is 20.3 Å². The van der Waals surface area contributed by atoms with Crippen molar-refractivity contribution in [3.05, 3.63) is 28.9 Å². The van der Waals surface area contributed by atoms with Gasteiger partial charge in [0.1, 0.15) is 10.5 Å². The molecule has 6 nitrogen and oxygen atoms in total. The number of aromatic nitrogens is 3. The van der Waals surface area contributed by atoms with Crippen LogP contribution in [0.5, 0.6) is 0 Å². The van der Waals surface area contributed by atoms with E-state index in [0.29, 0.717) is 5.56 Å². The number of hydrogen-bond donors (Lipinski definition) is 2. The number of nitrogens with zero attached hydrogens (tertiary/aromatic N) is 4. The molecule has 2 aromatic rings. The zero-order valence-corrected chi connectivity index (χ0v) is 10.5. The number of oxime groups is 1. The Morgan fingerprint density at radius 1 is 1.53 bits per heavy atom. The third-order valence-electron chi connectivity index (χ3n) is 1.87. The highest BCUT2D eigenvalue weighted by Gasteiger charge is 2.07. The molecular formula is C9H9N5OS2. The lowest BCUT2D eigenvalue weighted by atomic mass is 10.2. The number of hydrogen-bond acceptors (Lipinski definition) is 7. The molecular weight excluding hydrogens is 258 g/mol. The Morgan fingerprint density at radius 2 is 2.35 bits per heavy atom. The Bertz CT molecular complexity index is 540. The van der Waals surface area contributed by atoms with Gasteiger partial charge in [0.25, 0.3) is 0 Å². The van der Waals surface area contributed by atoms with Crippen molar-refractivity contribution < 1.29 is 5.21 Å². The molecule has 0 aliphatic carbocycles. The molecule has 0 fully saturated rings. The molecule has 0 saturated carbocycles. The van der Waals surface area contributed by atoms with Crippen LogP contribution in [0.3, 0.4) is 0 Å². The highest BCUT2D eigenvalue weighted by Crippen LogP contribution is 2.27. The van der Waals surface area contributed by atoms with E-state index in [1.807, 2.05) is 6.92 Å². The van der Waals surface area contributed by atoms with Crippen molar-refractivity contribution in [2.45, 2.75) is 16.3 Å². The summed E-state index contributed by atoms with van der Waals surface area (Å²) in [5.74, 6) is 0.0645. The Labute approximate surface area is 106 Å². The second-order valence-electron chi connectivity index (χ2n) is 3.13. The minimum absolute atomic E-state index is 0.0645. The van der Waals surface area contributed by atoms with Crippen LogP contribution in [0.1, 0.15) is 11.3 Å². The molecule has 0 bridgehead atoms. The maximum Gasteiger partial charge on any atom is 0.180 e. The van der Waals surface area contributed by atoms with Crippen molar-refractivity contribution >= 4 is 28.9 Å². The van der Waals surface area contributed by atoms with Crippen LogP contribution in [0.25, 0.3) is 0 Å². The van der Waals surface area contributed by atoms with Crippen molar-refractivity contribution in [3.8, 4) is 0 Å². The van der Waals surface area contributed by atoms with Crippen molar-refractivity contribution in [3.63, 3.8) is 0 Å². The number of pyridine rings is 1. The molecule has 2 rings (SSSR count). The number of aryl methyl sites for hydroxylation is 1. The van der Waals surface area contributed by atoms with E-state index in [4.69, 9.17) is 10.9 Å². The van der Waals surface area contributed by atoms with Gasteiger partial charge in [-0.05, 0) is 30.8 Å². The van der Waals surface area contributed by atoms with Gasteiger partial charge in [-0.2, -0.15) is 0 Å². The third kappa shape index (κ3) is 2.92. The predicted octanol–water partition coefficient (Wildman–Crippen LogP) is 1.49. The van der Waals surface area contributed by atoms with Crippen LogP contribution in [-0.4, -0.2) is 26.2 Å². The first-order valence-electron chi connectivity index (χ1n) is 4.59. The molecule has 0 atom stereocenters. The lowest BCUT2D eigenvalue weighted by Gasteiger charge is -2.03. The van der Waals surface area contributed by atoms with Crippen molar-refractivity contribution in [1.29, 1.82) is 0 Å². The Balaban J connectivity index is 2.32. The Kier molecular flexibility index (Phi) is 3.55. The van der Waals surface area contributed by atoms with Crippen molar-refractivity contribution in [2.24, 2.45) is 10.9 Å². The molecule has 0 aliphatic heterocycles. The second kappa shape index (κ2) is 5.11. The molecule has 88 valence electrons. The van der Waals surface area contributed by atoms with Crippen LogP contribution in [0.4, 0.5) is 0 Å². The lowest BCUT2D eigenvalue weighted by Crippen LogP contribution is -2.13. The van der Waals surface area contributed by atoms with Gasteiger partial charge < -0.3 is 10.9 Å². The predicted molar refractivity (Wildman–Crippen MR) is 65.5 cm³/mol. The lowest BCUT2D eigenvalue weighted by molar-refractivity contribution is 0.318. The summed E-state index contributed by atoms with van der Waals surface area (Å²) < 4.78 is 0.800. The Hall–Kier alpha value is -1.67. The van der Waals surface area contributed by atoms with Gasteiger partial charge in [-0.25, -0.2) is 4.98 Å². The fourth-order valence-corrected chi connectivity index (χ4v) is 2.69. The molecule has 8 heteroatoms. The van der Waals surface area contributed by atoms with Gasteiger partial charge in [-0.15, -0.1) is 10.2 Å². The van der Waals surface area contributed by atoms with E-state index < -0.39 is 0 Å². The fourth-order valence-electron chi connectivity index (χ4n) is 1.19. The van der Waals surface area contributed by atoms with Crippen molar-refractivity contribution in [1.82, 2.24) is 15.2 Å². The number of rotatable bonds is 3. The van der Waals surface area contributed by atoms with Gasteiger partial charge >= 0.3 is 0 Å². The summed E-state index contributed by atoms with van der Waals surface area (Å²) in [5, 5.41) is 20.0. The molecule has 0 unspecified atom stereocenters. The van der Waals surface area contributed by atoms with E-state index in [9.17, 15) is 0 Å². The van der Waals surface area contributed by atoms with E-state index >= 15 is 0 Å². The summed E-state index contributed by atoms with van der Waals surface area (Å²) in [7, 11) is 0. The summed E-state index contributed by atoms with van der Waals surface area (Å²) in [6, 6.07) is 3.49. The summed E-state index contributed by atoms with van der Waals surface area (Å²) in [5.41, 5.74) is 8.62. The first-order valence-corrected chi connectivity index (χ1v) is 6.29. The molecule has 0 aromatic carbocycles. The average Bonchev–Trinajstić information content (AvgIpc) is 2.80. The zero-order chi connectivity index (χ0) is 12.3. The normalized spacial score (nSPS) is 11.7. The Morgan fingerprint density at radius 3 is 3.00 bits per heavy atom. The van der Waals surface area contributed by atoms with Crippen molar-refractivity contribution in [2.75, 3.05) is 0 Å². The monoisotopic (exact) mass is 267 g/mol. The van der Waals surface area contributed by atoms with Crippen LogP contribution in [0, 0.1) is 6.92 Å². The zero-order valence-electron chi connectivity index (χ0n) is 8.86. The molecule has 0 spiro atoms. The van der Waals surface area contributed by atoms with Gasteiger partial charge in [0.15, 0.2) is 10.2 Å². The fraction of sp³-hybridized carbons (Fsp3) is 0.111. The molecule has 0 amide bonds. The molecule has 0 aliphatic rings. The van der Waals surface area contributed by atoms with E-state index in [1.54, 1.807) is 17.6 Å². The minimum atomic E-state index is 0.0645. The standard InChI is InChI=1S/C9H9N5OS2/c1-5-2-6(8(10)14-15)3-7(12-5)17-9-13-11-4-16-9/h2-4,15H,1H3,(H2,10,14). The largest absolute Gasteiger partial charge is 0.409 e. The SMILES string of the molecule is Cc1cc(/C(N)=N/O)cc(Sc2nncs2)n1. The number of amidine groups is 1. The van der Waals surface area contributed by atoms with Crippen LogP contribution < -0.4 is 5.73 Å². The maximum atomic E-state index is 8.64. The minimum Gasteiger partial charge on any atom is -0.409 e. The topological polar surface area (TPSA) is 97.3 Å². The van der Waals surface area contributed by atoms with Gasteiger partial charge in [0.05, 0.1) is 0 Å². The molecule has 0 radical (unpaired) electrons. The molecule has 2 aromatic heterocycles. The highest BCUT2D eigenvalue weighted by molar-refractivity contribution is 8.00. The summed E-state index contributed by atoms with van der Waals surface area (Å²) >= 11 is 2.83. The molecule has 17 heavy (non-hydrogen) atoms. The first kappa shape index (κ1) is 11.8. The van der Waals surface area contributed by atoms with Gasteiger partial charge in [0, 0.05) is 11.3 Å². The molecule has 2 heterocycles. The van der Waals surface area contributed by atoms with Crippen LogP contribution in [0.15, 0.2) is 32.2 Å². The van der Waals surface area contributed by atoms with Crippen LogP contribution >= 0.6 is 23.1 Å². The van der Waals surface area contributed by atoms with Crippen LogP contribution in [-0.2, 0) is 0 Å². The first-order chi connectivity index (χ1) is 8.19. The maximum absolute atomic E-state index is 8.64. The van der Waals surface area contributed by atoms with Gasteiger partial charge in [0.2, 0.25) is 0 Å². The quantitative estimate of drug-likeness (QED) is 0.378.